The molecule has 0 atom stereocenters. The Hall–Kier alpha value is -2.01. The molecule has 0 aliphatic carbocycles. The molecule has 0 saturated carbocycles. The monoisotopic (exact) mass is 272 g/mol. The molecule has 0 spiro atoms. The standard InChI is InChI=1S/C14H16N4S/c1-9-8-10(2)17-14(16-9)18(3)12-6-4-11(5-7-12)13(15)19/h4-8H,1-3H3,(H2,15,19). The van der Waals surface area contributed by atoms with Crippen molar-refractivity contribution >= 4 is 28.8 Å². The Morgan fingerprint density at radius 2 is 1.63 bits per heavy atom. The molecule has 19 heavy (non-hydrogen) atoms. The van der Waals surface area contributed by atoms with Crippen LogP contribution >= 0.6 is 12.2 Å². The summed E-state index contributed by atoms with van der Waals surface area (Å²) in [5, 5.41) is 0. The van der Waals surface area contributed by atoms with Crippen LogP contribution in [0.2, 0.25) is 0 Å². The average molecular weight is 272 g/mol. The molecule has 5 heteroatoms. The Labute approximate surface area is 118 Å². The molecule has 0 amide bonds. The summed E-state index contributed by atoms with van der Waals surface area (Å²) in [5.74, 6) is 0.681. The molecular formula is C14H16N4S. The predicted octanol–water partition coefficient (Wildman–Crippen LogP) is 2.50. The van der Waals surface area contributed by atoms with Gasteiger partial charge in [-0.1, -0.05) is 12.2 Å². The van der Waals surface area contributed by atoms with Crippen LogP contribution < -0.4 is 10.6 Å². The fourth-order valence-electron chi connectivity index (χ4n) is 1.82. The number of hydrogen-bond acceptors (Lipinski definition) is 4. The topological polar surface area (TPSA) is 55.0 Å². The molecule has 1 aromatic heterocycles. The van der Waals surface area contributed by atoms with Crippen molar-refractivity contribution in [2.75, 3.05) is 11.9 Å². The highest BCUT2D eigenvalue weighted by molar-refractivity contribution is 7.80. The lowest BCUT2D eigenvalue weighted by atomic mass is 10.2. The molecule has 0 aliphatic rings. The van der Waals surface area contributed by atoms with Gasteiger partial charge in [0.05, 0.1) is 0 Å². The summed E-state index contributed by atoms with van der Waals surface area (Å²) in [6, 6.07) is 9.66. The van der Waals surface area contributed by atoms with Crippen molar-refractivity contribution in [1.82, 2.24) is 9.97 Å². The van der Waals surface area contributed by atoms with Gasteiger partial charge in [-0.05, 0) is 44.2 Å². The molecule has 0 radical (unpaired) electrons. The maximum atomic E-state index is 5.58. The van der Waals surface area contributed by atoms with Gasteiger partial charge in [0.25, 0.3) is 0 Å². The smallest absolute Gasteiger partial charge is 0.230 e. The molecule has 1 heterocycles. The van der Waals surface area contributed by atoms with Crippen LogP contribution in [-0.4, -0.2) is 22.0 Å². The molecule has 0 unspecified atom stereocenters. The molecule has 2 rings (SSSR count). The minimum atomic E-state index is 0.400. The van der Waals surface area contributed by atoms with E-state index < -0.39 is 0 Å². The first-order valence-corrected chi connectivity index (χ1v) is 6.34. The molecule has 1 aromatic carbocycles. The molecule has 0 saturated heterocycles. The first-order valence-electron chi connectivity index (χ1n) is 5.93. The van der Waals surface area contributed by atoms with Crippen LogP contribution in [0.5, 0.6) is 0 Å². The Morgan fingerprint density at radius 1 is 1.11 bits per heavy atom. The largest absolute Gasteiger partial charge is 0.389 e. The summed E-state index contributed by atoms with van der Waals surface area (Å²) in [6.07, 6.45) is 0. The number of nitrogens with two attached hydrogens (primary N) is 1. The lowest BCUT2D eigenvalue weighted by Gasteiger charge is -2.18. The number of anilines is 2. The fraction of sp³-hybridized carbons (Fsp3) is 0.214. The second-order valence-electron chi connectivity index (χ2n) is 4.42. The van der Waals surface area contributed by atoms with E-state index in [1.165, 1.54) is 0 Å². The van der Waals surface area contributed by atoms with Gasteiger partial charge in [0.2, 0.25) is 5.95 Å². The lowest BCUT2D eigenvalue weighted by molar-refractivity contribution is 0.986. The summed E-state index contributed by atoms with van der Waals surface area (Å²) < 4.78 is 0. The van der Waals surface area contributed by atoms with Crippen molar-refractivity contribution in [1.29, 1.82) is 0 Å². The van der Waals surface area contributed by atoms with Gasteiger partial charge in [0, 0.05) is 29.7 Å². The third-order valence-electron chi connectivity index (χ3n) is 2.81. The van der Waals surface area contributed by atoms with Crippen LogP contribution in [0.4, 0.5) is 11.6 Å². The second kappa shape index (κ2) is 5.32. The Kier molecular flexibility index (Phi) is 3.76. The zero-order chi connectivity index (χ0) is 14.0. The number of thiocarbonyl (C=S) groups is 1. The summed E-state index contributed by atoms with van der Waals surface area (Å²) in [7, 11) is 1.93. The summed E-state index contributed by atoms with van der Waals surface area (Å²) in [4.78, 5) is 11.2. The van der Waals surface area contributed by atoms with E-state index in [0.29, 0.717) is 10.9 Å². The van der Waals surface area contributed by atoms with E-state index in [-0.39, 0.29) is 0 Å². The maximum Gasteiger partial charge on any atom is 0.230 e. The number of hydrogen-bond donors (Lipinski definition) is 1. The molecule has 0 aliphatic heterocycles. The highest BCUT2D eigenvalue weighted by Gasteiger charge is 2.08. The van der Waals surface area contributed by atoms with Crippen LogP contribution in [0.3, 0.4) is 0 Å². The van der Waals surface area contributed by atoms with Crippen molar-refractivity contribution in [2.45, 2.75) is 13.8 Å². The van der Waals surface area contributed by atoms with E-state index in [0.717, 1.165) is 22.6 Å². The van der Waals surface area contributed by atoms with E-state index in [2.05, 4.69) is 9.97 Å². The van der Waals surface area contributed by atoms with E-state index >= 15 is 0 Å². The van der Waals surface area contributed by atoms with Crippen molar-refractivity contribution in [2.24, 2.45) is 5.73 Å². The molecule has 2 N–H and O–H groups in total. The summed E-state index contributed by atoms with van der Waals surface area (Å²) in [6.45, 7) is 3.92. The highest BCUT2D eigenvalue weighted by Crippen LogP contribution is 2.21. The van der Waals surface area contributed by atoms with Gasteiger partial charge in [-0.3, -0.25) is 0 Å². The van der Waals surface area contributed by atoms with Crippen molar-refractivity contribution in [3.63, 3.8) is 0 Å². The van der Waals surface area contributed by atoms with Crippen LogP contribution in [0.1, 0.15) is 17.0 Å². The van der Waals surface area contributed by atoms with Crippen LogP contribution in [0, 0.1) is 13.8 Å². The quantitative estimate of drug-likeness (QED) is 0.870. The molecule has 0 bridgehead atoms. The van der Waals surface area contributed by atoms with Gasteiger partial charge < -0.3 is 10.6 Å². The Morgan fingerprint density at radius 3 is 2.11 bits per heavy atom. The van der Waals surface area contributed by atoms with E-state index in [4.69, 9.17) is 18.0 Å². The van der Waals surface area contributed by atoms with Gasteiger partial charge in [-0.2, -0.15) is 0 Å². The van der Waals surface area contributed by atoms with Gasteiger partial charge >= 0.3 is 0 Å². The number of aromatic nitrogens is 2. The van der Waals surface area contributed by atoms with Gasteiger partial charge in [0.15, 0.2) is 0 Å². The van der Waals surface area contributed by atoms with Gasteiger partial charge in [-0.15, -0.1) is 0 Å². The fourth-order valence-corrected chi connectivity index (χ4v) is 1.96. The summed E-state index contributed by atoms with van der Waals surface area (Å²) in [5.41, 5.74) is 9.34. The molecule has 98 valence electrons. The maximum absolute atomic E-state index is 5.58. The van der Waals surface area contributed by atoms with Crippen LogP contribution in [0.15, 0.2) is 30.3 Å². The third kappa shape index (κ3) is 3.06. The first-order chi connectivity index (χ1) is 8.97. The Balaban J connectivity index is 2.32. The molecule has 4 nitrogen and oxygen atoms in total. The van der Waals surface area contributed by atoms with Crippen molar-refractivity contribution in [3.05, 3.63) is 47.3 Å². The van der Waals surface area contributed by atoms with E-state index in [1.807, 2.05) is 56.1 Å². The Bertz CT molecular complexity index is 587. The average Bonchev–Trinajstić information content (AvgIpc) is 2.37. The number of aryl methyl sites for hydroxylation is 2. The van der Waals surface area contributed by atoms with Gasteiger partial charge in [0.1, 0.15) is 4.99 Å². The lowest BCUT2D eigenvalue weighted by Crippen LogP contribution is -2.15. The third-order valence-corrected chi connectivity index (χ3v) is 3.05. The summed E-state index contributed by atoms with van der Waals surface area (Å²) >= 11 is 4.94. The number of rotatable bonds is 3. The SMILES string of the molecule is Cc1cc(C)nc(N(C)c2ccc(C(N)=S)cc2)n1. The predicted molar refractivity (Wildman–Crippen MR) is 81.9 cm³/mol. The van der Waals surface area contributed by atoms with E-state index in [1.54, 1.807) is 0 Å². The zero-order valence-electron chi connectivity index (χ0n) is 11.2. The van der Waals surface area contributed by atoms with Crippen molar-refractivity contribution in [3.8, 4) is 0 Å². The van der Waals surface area contributed by atoms with Crippen molar-refractivity contribution < 1.29 is 0 Å². The number of nitrogens with zero attached hydrogens (tertiary/aromatic N) is 3. The number of benzene rings is 1. The second-order valence-corrected chi connectivity index (χ2v) is 4.86. The minimum absolute atomic E-state index is 0.400. The normalized spacial score (nSPS) is 10.3. The van der Waals surface area contributed by atoms with Gasteiger partial charge in [-0.25, -0.2) is 9.97 Å². The minimum Gasteiger partial charge on any atom is -0.389 e. The zero-order valence-corrected chi connectivity index (χ0v) is 12.0. The molecule has 2 aromatic rings. The molecule has 0 fully saturated rings. The molecular weight excluding hydrogens is 256 g/mol. The van der Waals surface area contributed by atoms with Crippen LogP contribution in [0.25, 0.3) is 0 Å². The van der Waals surface area contributed by atoms with E-state index in [9.17, 15) is 0 Å². The van der Waals surface area contributed by atoms with Crippen LogP contribution in [-0.2, 0) is 0 Å². The first kappa shape index (κ1) is 13.4. The highest BCUT2D eigenvalue weighted by atomic mass is 32.1.